The third-order valence-electron chi connectivity index (χ3n) is 2.66. The van der Waals surface area contributed by atoms with E-state index in [1.54, 1.807) is 12.1 Å². The SMILES string of the molecule is CNCC/C(N)=C/NCCc1ccc([N+](=O)[O-])cc1. The maximum atomic E-state index is 10.5. The first-order valence-corrected chi connectivity index (χ1v) is 6.19. The van der Waals surface area contributed by atoms with Crippen molar-refractivity contribution >= 4 is 5.69 Å². The van der Waals surface area contributed by atoms with Crippen LogP contribution in [0.3, 0.4) is 0 Å². The van der Waals surface area contributed by atoms with Crippen LogP contribution in [0, 0.1) is 10.1 Å². The largest absolute Gasteiger partial charge is 0.401 e. The molecular weight excluding hydrogens is 244 g/mol. The molecule has 1 rings (SSSR count). The Morgan fingerprint density at radius 2 is 2.05 bits per heavy atom. The fourth-order valence-corrected chi connectivity index (χ4v) is 1.55. The summed E-state index contributed by atoms with van der Waals surface area (Å²) in [5.74, 6) is 0. The predicted octanol–water partition coefficient (Wildman–Crippen LogP) is 1.14. The number of nitro benzene ring substituents is 1. The van der Waals surface area contributed by atoms with Crippen molar-refractivity contribution in [1.82, 2.24) is 10.6 Å². The van der Waals surface area contributed by atoms with Crippen LogP contribution in [0.2, 0.25) is 0 Å². The van der Waals surface area contributed by atoms with E-state index in [1.165, 1.54) is 12.1 Å². The van der Waals surface area contributed by atoms with Gasteiger partial charge in [0.25, 0.3) is 5.69 Å². The van der Waals surface area contributed by atoms with Crippen LogP contribution in [0.15, 0.2) is 36.2 Å². The molecule has 4 N–H and O–H groups in total. The van der Waals surface area contributed by atoms with Crippen LogP contribution in [-0.2, 0) is 6.42 Å². The van der Waals surface area contributed by atoms with E-state index in [4.69, 9.17) is 5.73 Å². The van der Waals surface area contributed by atoms with Gasteiger partial charge >= 0.3 is 0 Å². The Hall–Kier alpha value is -2.08. The van der Waals surface area contributed by atoms with Crippen LogP contribution in [-0.4, -0.2) is 25.1 Å². The van der Waals surface area contributed by atoms with Crippen molar-refractivity contribution in [2.75, 3.05) is 20.1 Å². The third kappa shape index (κ3) is 5.87. The summed E-state index contributed by atoms with van der Waals surface area (Å²) in [5.41, 5.74) is 7.75. The Labute approximate surface area is 112 Å². The third-order valence-corrected chi connectivity index (χ3v) is 2.66. The second-order valence-corrected chi connectivity index (χ2v) is 4.20. The van der Waals surface area contributed by atoms with Gasteiger partial charge in [-0.05, 0) is 19.0 Å². The number of hydrogen-bond donors (Lipinski definition) is 3. The maximum absolute atomic E-state index is 10.5. The fourth-order valence-electron chi connectivity index (χ4n) is 1.55. The average Bonchev–Trinajstić information content (AvgIpc) is 2.41. The maximum Gasteiger partial charge on any atom is 0.269 e. The predicted molar refractivity (Wildman–Crippen MR) is 75.6 cm³/mol. The van der Waals surface area contributed by atoms with Crippen molar-refractivity contribution in [3.63, 3.8) is 0 Å². The molecule has 0 spiro atoms. The van der Waals surface area contributed by atoms with E-state index in [9.17, 15) is 10.1 Å². The smallest absolute Gasteiger partial charge is 0.269 e. The van der Waals surface area contributed by atoms with E-state index in [0.29, 0.717) is 0 Å². The molecule has 1 aromatic rings. The molecule has 0 radical (unpaired) electrons. The van der Waals surface area contributed by atoms with Gasteiger partial charge in [-0.2, -0.15) is 0 Å². The van der Waals surface area contributed by atoms with E-state index in [1.807, 2.05) is 13.2 Å². The molecule has 104 valence electrons. The molecule has 0 atom stereocenters. The molecule has 6 nitrogen and oxygen atoms in total. The standard InChI is InChI=1S/C13H20N4O2/c1-15-8-7-12(14)10-16-9-6-11-2-4-13(5-3-11)17(18)19/h2-5,10,15-16H,6-9,14H2,1H3/b12-10-. The topological polar surface area (TPSA) is 93.2 Å². The summed E-state index contributed by atoms with van der Waals surface area (Å²) in [6.07, 6.45) is 3.41. The second-order valence-electron chi connectivity index (χ2n) is 4.20. The van der Waals surface area contributed by atoms with Gasteiger partial charge in [0, 0.05) is 43.5 Å². The molecule has 0 saturated heterocycles. The monoisotopic (exact) mass is 264 g/mol. The van der Waals surface area contributed by atoms with E-state index in [0.717, 1.165) is 37.2 Å². The van der Waals surface area contributed by atoms with E-state index in [-0.39, 0.29) is 5.69 Å². The average molecular weight is 264 g/mol. The summed E-state index contributed by atoms with van der Waals surface area (Å²) in [6, 6.07) is 6.58. The molecule has 19 heavy (non-hydrogen) atoms. The first kappa shape index (κ1) is 15.0. The Morgan fingerprint density at radius 1 is 1.37 bits per heavy atom. The molecular formula is C13H20N4O2. The highest BCUT2D eigenvalue weighted by Gasteiger charge is 2.03. The molecule has 0 aliphatic carbocycles. The highest BCUT2D eigenvalue weighted by Crippen LogP contribution is 2.11. The van der Waals surface area contributed by atoms with Gasteiger partial charge in [0.15, 0.2) is 0 Å². The minimum Gasteiger partial charge on any atom is -0.401 e. The van der Waals surface area contributed by atoms with E-state index in [2.05, 4.69) is 10.6 Å². The van der Waals surface area contributed by atoms with E-state index >= 15 is 0 Å². The van der Waals surface area contributed by atoms with Crippen LogP contribution in [0.1, 0.15) is 12.0 Å². The highest BCUT2D eigenvalue weighted by atomic mass is 16.6. The molecule has 0 bridgehead atoms. The Kier molecular flexibility index (Phi) is 6.38. The minimum absolute atomic E-state index is 0.118. The van der Waals surface area contributed by atoms with Gasteiger partial charge in [-0.3, -0.25) is 10.1 Å². The van der Waals surface area contributed by atoms with Crippen molar-refractivity contribution in [2.24, 2.45) is 5.73 Å². The van der Waals surface area contributed by atoms with E-state index < -0.39 is 4.92 Å². The van der Waals surface area contributed by atoms with Gasteiger partial charge in [-0.1, -0.05) is 12.1 Å². The van der Waals surface area contributed by atoms with Crippen molar-refractivity contribution in [3.05, 3.63) is 51.8 Å². The van der Waals surface area contributed by atoms with Gasteiger partial charge in [0.05, 0.1) is 4.92 Å². The quantitative estimate of drug-likeness (QED) is 0.372. The molecule has 1 aromatic carbocycles. The van der Waals surface area contributed by atoms with Crippen LogP contribution in [0.5, 0.6) is 0 Å². The lowest BCUT2D eigenvalue weighted by molar-refractivity contribution is -0.384. The molecule has 0 aromatic heterocycles. The lowest BCUT2D eigenvalue weighted by Gasteiger charge is -2.04. The van der Waals surface area contributed by atoms with Gasteiger partial charge < -0.3 is 16.4 Å². The fraction of sp³-hybridized carbons (Fsp3) is 0.385. The van der Waals surface area contributed by atoms with Gasteiger partial charge in [0.1, 0.15) is 0 Å². The number of nitrogens with zero attached hydrogens (tertiary/aromatic N) is 1. The Morgan fingerprint density at radius 3 is 2.63 bits per heavy atom. The van der Waals surface area contributed by atoms with Crippen LogP contribution < -0.4 is 16.4 Å². The number of benzene rings is 1. The Bertz CT molecular complexity index is 429. The summed E-state index contributed by atoms with van der Waals surface area (Å²) in [6.45, 7) is 1.60. The van der Waals surface area contributed by atoms with Gasteiger partial charge in [-0.25, -0.2) is 0 Å². The summed E-state index contributed by atoms with van der Waals surface area (Å²) in [4.78, 5) is 10.1. The molecule has 0 aliphatic rings. The minimum atomic E-state index is -0.396. The number of rotatable bonds is 8. The lowest BCUT2D eigenvalue weighted by Crippen LogP contribution is -2.16. The van der Waals surface area contributed by atoms with Crippen LogP contribution in [0.25, 0.3) is 0 Å². The molecule has 0 unspecified atom stereocenters. The summed E-state index contributed by atoms with van der Waals surface area (Å²) >= 11 is 0. The number of non-ortho nitro benzene ring substituents is 1. The zero-order chi connectivity index (χ0) is 14.1. The molecule has 0 heterocycles. The molecule has 0 amide bonds. The van der Waals surface area contributed by atoms with Crippen LogP contribution in [0.4, 0.5) is 5.69 Å². The number of nitrogens with two attached hydrogens (primary N) is 1. The Balaban J connectivity index is 2.31. The van der Waals surface area contributed by atoms with Crippen LogP contribution >= 0.6 is 0 Å². The molecule has 0 fully saturated rings. The zero-order valence-corrected chi connectivity index (χ0v) is 11.1. The summed E-state index contributed by atoms with van der Waals surface area (Å²) in [7, 11) is 1.88. The number of hydrogen-bond acceptors (Lipinski definition) is 5. The molecule has 0 aliphatic heterocycles. The first-order valence-electron chi connectivity index (χ1n) is 6.19. The summed E-state index contributed by atoms with van der Waals surface area (Å²) in [5, 5.41) is 16.7. The molecule has 0 saturated carbocycles. The van der Waals surface area contributed by atoms with Gasteiger partial charge in [-0.15, -0.1) is 0 Å². The number of nitrogens with one attached hydrogen (secondary N) is 2. The van der Waals surface area contributed by atoms with Gasteiger partial charge in [0.2, 0.25) is 0 Å². The van der Waals surface area contributed by atoms with Crippen molar-refractivity contribution < 1.29 is 4.92 Å². The van der Waals surface area contributed by atoms with Crippen molar-refractivity contribution in [1.29, 1.82) is 0 Å². The molecule has 6 heteroatoms. The highest BCUT2D eigenvalue weighted by molar-refractivity contribution is 5.32. The first-order chi connectivity index (χ1) is 9.13. The van der Waals surface area contributed by atoms with Crippen molar-refractivity contribution in [2.45, 2.75) is 12.8 Å². The zero-order valence-electron chi connectivity index (χ0n) is 11.1. The van der Waals surface area contributed by atoms with Crippen molar-refractivity contribution in [3.8, 4) is 0 Å². The number of nitro groups is 1. The lowest BCUT2D eigenvalue weighted by atomic mass is 10.1. The second kappa shape index (κ2) is 8.10. The normalized spacial score (nSPS) is 11.3. The summed E-state index contributed by atoms with van der Waals surface area (Å²) < 4.78 is 0.